The van der Waals surface area contributed by atoms with E-state index in [1.165, 1.54) is 11.3 Å². The molecule has 0 bridgehead atoms. The molecule has 0 aliphatic carbocycles. The molecule has 0 saturated heterocycles. The van der Waals surface area contributed by atoms with Crippen LogP contribution in [0.15, 0.2) is 36.4 Å². The Balaban J connectivity index is 0.00000342. The first kappa shape index (κ1) is 26.4. The van der Waals surface area contributed by atoms with E-state index in [9.17, 15) is 14.4 Å². The second-order valence-corrected chi connectivity index (χ2v) is 9.12. The second-order valence-electron chi connectivity index (χ2n) is 8.12. The van der Waals surface area contributed by atoms with E-state index >= 15 is 0 Å². The zero-order valence-electron chi connectivity index (χ0n) is 19.9. The molecule has 11 heteroatoms. The van der Waals surface area contributed by atoms with Gasteiger partial charge in [-0.15, -0.1) is 12.4 Å². The SMILES string of the molecule is COc1cc2nc(N(CCCN(C)C)C(=O)CN3C(=O)c4ccccc4C3=O)sc2cc1OC.Cl. The highest BCUT2D eigenvalue weighted by atomic mass is 35.5. The van der Waals surface area contributed by atoms with Crippen molar-refractivity contribution in [1.82, 2.24) is 14.8 Å². The Hall–Kier alpha value is -3.21. The van der Waals surface area contributed by atoms with E-state index < -0.39 is 11.8 Å². The molecule has 2 aromatic carbocycles. The summed E-state index contributed by atoms with van der Waals surface area (Å²) in [5.74, 6) is -0.168. The van der Waals surface area contributed by atoms with E-state index in [0.29, 0.717) is 46.2 Å². The maximum atomic E-state index is 13.4. The van der Waals surface area contributed by atoms with Crippen molar-refractivity contribution in [1.29, 1.82) is 0 Å². The van der Waals surface area contributed by atoms with Crippen LogP contribution in [0.4, 0.5) is 5.13 Å². The van der Waals surface area contributed by atoms with E-state index in [-0.39, 0.29) is 24.9 Å². The molecule has 2 heterocycles. The van der Waals surface area contributed by atoms with Gasteiger partial charge in [0.25, 0.3) is 11.8 Å². The molecule has 1 aliphatic heterocycles. The quantitative estimate of drug-likeness (QED) is 0.401. The van der Waals surface area contributed by atoms with Crippen LogP contribution in [0.1, 0.15) is 27.1 Å². The van der Waals surface area contributed by atoms with Crippen LogP contribution >= 0.6 is 23.7 Å². The number of rotatable bonds is 9. The molecular weight excluding hydrogens is 492 g/mol. The molecule has 35 heavy (non-hydrogen) atoms. The van der Waals surface area contributed by atoms with Gasteiger partial charge in [0.05, 0.1) is 35.6 Å². The smallest absolute Gasteiger partial charge is 0.262 e. The normalized spacial score (nSPS) is 12.7. The lowest BCUT2D eigenvalue weighted by Crippen LogP contribution is -2.43. The molecule has 3 amide bonds. The first-order valence-corrected chi connectivity index (χ1v) is 11.6. The van der Waals surface area contributed by atoms with Crippen LogP contribution in [0.3, 0.4) is 0 Å². The van der Waals surface area contributed by atoms with E-state index in [1.807, 2.05) is 25.1 Å². The summed E-state index contributed by atoms with van der Waals surface area (Å²) in [7, 11) is 7.03. The fourth-order valence-electron chi connectivity index (χ4n) is 3.83. The minimum atomic E-state index is -0.457. The standard InChI is InChI=1S/C24H26N4O5S.ClH/c1-26(2)10-7-11-27(24-25-17-12-18(32-3)19(33-4)13-20(17)34-24)21(29)14-28-22(30)15-8-5-6-9-16(15)23(28)31;/h5-6,8-9,12-13H,7,10-11,14H2,1-4H3;1H. The molecule has 3 aromatic rings. The van der Waals surface area contributed by atoms with Gasteiger partial charge in [-0.3, -0.25) is 24.2 Å². The van der Waals surface area contributed by atoms with Crippen molar-refractivity contribution in [2.75, 3.05) is 52.8 Å². The second kappa shape index (κ2) is 11.0. The Morgan fingerprint density at radius 2 is 1.60 bits per heavy atom. The van der Waals surface area contributed by atoms with Gasteiger partial charge in [-0.2, -0.15) is 0 Å². The van der Waals surface area contributed by atoms with Gasteiger partial charge < -0.3 is 14.4 Å². The molecule has 0 radical (unpaired) electrons. The summed E-state index contributed by atoms with van der Waals surface area (Å²) >= 11 is 1.34. The van der Waals surface area contributed by atoms with Crippen molar-refractivity contribution in [3.63, 3.8) is 0 Å². The molecule has 4 rings (SSSR count). The van der Waals surface area contributed by atoms with Gasteiger partial charge in [0, 0.05) is 18.7 Å². The predicted molar refractivity (Wildman–Crippen MR) is 137 cm³/mol. The number of aromatic nitrogens is 1. The number of carbonyl (C=O) groups is 3. The molecule has 9 nitrogen and oxygen atoms in total. The number of thiazole rings is 1. The van der Waals surface area contributed by atoms with Crippen molar-refractivity contribution < 1.29 is 23.9 Å². The summed E-state index contributed by atoms with van der Waals surface area (Å²) in [6.45, 7) is 0.814. The van der Waals surface area contributed by atoms with Crippen LogP contribution < -0.4 is 14.4 Å². The average molecular weight is 519 g/mol. The molecule has 0 N–H and O–H groups in total. The summed E-state index contributed by atoms with van der Waals surface area (Å²) in [5, 5.41) is 0.491. The maximum Gasteiger partial charge on any atom is 0.262 e. The van der Waals surface area contributed by atoms with Crippen LogP contribution in [0, 0.1) is 0 Å². The van der Waals surface area contributed by atoms with Gasteiger partial charge in [0.15, 0.2) is 16.6 Å². The Morgan fingerprint density at radius 3 is 2.17 bits per heavy atom. The van der Waals surface area contributed by atoms with Gasteiger partial charge >= 0.3 is 0 Å². The topological polar surface area (TPSA) is 92.3 Å². The van der Waals surface area contributed by atoms with E-state index in [0.717, 1.165) is 16.1 Å². The van der Waals surface area contributed by atoms with Crippen LogP contribution in [0.2, 0.25) is 0 Å². The third-order valence-electron chi connectivity index (χ3n) is 5.57. The number of methoxy groups -OCH3 is 2. The van der Waals surface area contributed by atoms with E-state index in [4.69, 9.17) is 9.47 Å². The molecule has 0 spiro atoms. The molecule has 0 saturated carbocycles. The lowest BCUT2D eigenvalue weighted by molar-refractivity contribution is -0.119. The Kier molecular flexibility index (Phi) is 8.31. The molecule has 1 aromatic heterocycles. The number of hydrogen-bond acceptors (Lipinski definition) is 8. The van der Waals surface area contributed by atoms with Gasteiger partial charge in [-0.1, -0.05) is 23.5 Å². The number of amides is 3. The van der Waals surface area contributed by atoms with Crippen molar-refractivity contribution >= 4 is 56.8 Å². The highest BCUT2D eigenvalue weighted by molar-refractivity contribution is 7.22. The lowest BCUT2D eigenvalue weighted by Gasteiger charge is -2.23. The van der Waals surface area contributed by atoms with Crippen LogP contribution in [0.5, 0.6) is 11.5 Å². The number of benzene rings is 2. The zero-order valence-corrected chi connectivity index (χ0v) is 21.6. The van der Waals surface area contributed by atoms with E-state index in [2.05, 4.69) is 4.98 Å². The Bertz CT molecular complexity index is 1190. The Labute approximate surface area is 213 Å². The third-order valence-corrected chi connectivity index (χ3v) is 6.61. The summed E-state index contributed by atoms with van der Waals surface area (Å²) in [6.07, 6.45) is 0.698. The summed E-state index contributed by atoms with van der Waals surface area (Å²) in [4.78, 5) is 48.2. The first-order valence-electron chi connectivity index (χ1n) is 10.8. The first-order chi connectivity index (χ1) is 16.3. The van der Waals surface area contributed by atoms with Crippen molar-refractivity contribution in [3.8, 4) is 11.5 Å². The van der Waals surface area contributed by atoms with Gasteiger partial charge in [0.2, 0.25) is 5.91 Å². The Morgan fingerprint density at radius 1 is 1.00 bits per heavy atom. The number of carbonyl (C=O) groups excluding carboxylic acids is 3. The lowest BCUT2D eigenvalue weighted by atomic mass is 10.1. The summed E-state index contributed by atoms with van der Waals surface area (Å²) in [6, 6.07) is 10.2. The minimum Gasteiger partial charge on any atom is -0.493 e. The van der Waals surface area contributed by atoms with Crippen molar-refractivity contribution in [2.24, 2.45) is 0 Å². The third kappa shape index (κ3) is 5.24. The number of halogens is 1. The molecule has 0 unspecified atom stereocenters. The summed E-state index contributed by atoms with van der Waals surface area (Å²) < 4.78 is 11.6. The monoisotopic (exact) mass is 518 g/mol. The fraction of sp³-hybridized carbons (Fsp3) is 0.333. The zero-order chi connectivity index (χ0) is 24.4. The fourth-order valence-corrected chi connectivity index (χ4v) is 4.85. The highest BCUT2D eigenvalue weighted by Gasteiger charge is 2.37. The molecule has 186 valence electrons. The molecular formula is C24H27ClN4O5S. The van der Waals surface area contributed by atoms with Gasteiger partial charge in [0.1, 0.15) is 6.54 Å². The predicted octanol–water partition coefficient (Wildman–Crippen LogP) is 3.32. The number of anilines is 1. The van der Waals surface area contributed by atoms with E-state index in [1.54, 1.807) is 49.5 Å². The average Bonchev–Trinajstić information content (AvgIpc) is 3.34. The number of ether oxygens (including phenoxy) is 2. The summed E-state index contributed by atoms with van der Waals surface area (Å²) in [5.41, 5.74) is 1.31. The number of fused-ring (bicyclic) bond motifs is 2. The molecule has 1 aliphatic rings. The maximum absolute atomic E-state index is 13.4. The van der Waals surface area contributed by atoms with Crippen LogP contribution in [0.25, 0.3) is 10.2 Å². The van der Waals surface area contributed by atoms with Crippen LogP contribution in [-0.4, -0.2) is 80.5 Å². The molecule has 0 fully saturated rings. The molecule has 0 atom stereocenters. The van der Waals surface area contributed by atoms with Crippen molar-refractivity contribution in [2.45, 2.75) is 6.42 Å². The largest absolute Gasteiger partial charge is 0.493 e. The minimum absolute atomic E-state index is 0. The number of imide groups is 1. The number of hydrogen-bond donors (Lipinski definition) is 0. The van der Waals surface area contributed by atoms with Crippen molar-refractivity contribution in [3.05, 3.63) is 47.5 Å². The highest BCUT2D eigenvalue weighted by Crippen LogP contribution is 2.37. The number of nitrogens with zero attached hydrogens (tertiary/aromatic N) is 4. The van der Waals surface area contributed by atoms with Gasteiger partial charge in [-0.05, 0) is 39.2 Å². The van der Waals surface area contributed by atoms with Crippen LogP contribution in [-0.2, 0) is 4.79 Å². The van der Waals surface area contributed by atoms with Gasteiger partial charge in [-0.25, -0.2) is 4.98 Å².